The highest BCUT2D eigenvalue weighted by molar-refractivity contribution is 5.52. The van der Waals surface area contributed by atoms with E-state index in [1.165, 1.54) is 94.6 Å². The molecule has 196 valence electrons. The molecular weight excluding hydrogens is 428 g/mol. The van der Waals surface area contributed by atoms with Gasteiger partial charge in [0.1, 0.15) is 0 Å². The molecule has 0 aliphatic heterocycles. The zero-order chi connectivity index (χ0) is 25.3. The molecule has 0 spiro atoms. The summed E-state index contributed by atoms with van der Waals surface area (Å²) in [7, 11) is 0. The molecule has 2 rings (SSSR count). The Kier molecular flexibility index (Phi) is 14.6. The Morgan fingerprint density at radius 2 is 1.09 bits per heavy atom. The Morgan fingerprint density at radius 1 is 0.600 bits per heavy atom. The first-order valence-corrected chi connectivity index (χ1v) is 14.5. The molecule has 35 heavy (non-hydrogen) atoms. The molecule has 0 amide bonds. The van der Waals surface area contributed by atoms with Gasteiger partial charge in [-0.05, 0) is 42.2 Å². The number of aliphatic hydroxyl groups excluding tert-OH is 1. The maximum Gasteiger partial charge on any atom is 0.0810 e. The summed E-state index contributed by atoms with van der Waals surface area (Å²) in [4.78, 5) is 0. The average molecular weight is 481 g/mol. The van der Waals surface area contributed by atoms with Crippen LogP contribution in [0.2, 0.25) is 0 Å². The highest BCUT2D eigenvalue weighted by atomic mass is 16.3. The summed E-state index contributed by atoms with van der Waals surface area (Å²) in [5.74, 6) is 0.302. The lowest BCUT2D eigenvalue weighted by Gasteiger charge is -2.21. The van der Waals surface area contributed by atoms with Crippen molar-refractivity contribution in [2.75, 3.05) is 11.5 Å². The summed E-state index contributed by atoms with van der Waals surface area (Å²) in [6, 6.07) is 14.6. The first-order chi connectivity index (χ1) is 17.1. The first kappa shape index (κ1) is 29.2. The Hall–Kier alpha value is -2.00. The van der Waals surface area contributed by atoms with Crippen LogP contribution in [-0.4, -0.2) is 5.11 Å². The van der Waals surface area contributed by atoms with Crippen LogP contribution in [0.5, 0.6) is 0 Å². The largest absolute Gasteiger partial charge is 0.399 e. The van der Waals surface area contributed by atoms with E-state index >= 15 is 0 Å². The number of anilines is 2. The molecule has 3 nitrogen and oxygen atoms in total. The number of hydrogen-bond acceptors (Lipinski definition) is 3. The van der Waals surface area contributed by atoms with Gasteiger partial charge in [0.25, 0.3) is 0 Å². The summed E-state index contributed by atoms with van der Waals surface area (Å²) < 4.78 is 0. The lowest BCUT2D eigenvalue weighted by atomic mass is 9.85. The van der Waals surface area contributed by atoms with Gasteiger partial charge in [0, 0.05) is 22.9 Å². The van der Waals surface area contributed by atoms with E-state index in [0.717, 1.165) is 30.5 Å². The van der Waals surface area contributed by atoms with E-state index in [9.17, 15) is 5.11 Å². The van der Waals surface area contributed by atoms with Crippen LogP contribution in [0.15, 0.2) is 42.5 Å². The summed E-state index contributed by atoms with van der Waals surface area (Å²) in [5.41, 5.74) is 17.3. The molecule has 0 saturated carbocycles. The highest BCUT2D eigenvalue weighted by Gasteiger charge is 2.18. The SMILES string of the molecule is CCCCCCCCCC(O)c1cc(C(CCCCCCCCC)c2ccc(N)cc2)ccc1N. The van der Waals surface area contributed by atoms with E-state index in [4.69, 9.17) is 11.5 Å². The number of hydrogen-bond donors (Lipinski definition) is 3. The number of unbranched alkanes of at least 4 members (excludes halogenated alkanes) is 12. The van der Waals surface area contributed by atoms with Gasteiger partial charge in [0.2, 0.25) is 0 Å². The van der Waals surface area contributed by atoms with Gasteiger partial charge in [-0.25, -0.2) is 0 Å². The van der Waals surface area contributed by atoms with Crippen molar-refractivity contribution in [3.05, 3.63) is 59.2 Å². The van der Waals surface area contributed by atoms with Crippen molar-refractivity contribution in [1.82, 2.24) is 0 Å². The van der Waals surface area contributed by atoms with Crippen molar-refractivity contribution in [3.8, 4) is 0 Å². The molecule has 5 N–H and O–H groups in total. The fraction of sp³-hybridized carbons (Fsp3) is 0.625. The van der Waals surface area contributed by atoms with Gasteiger partial charge >= 0.3 is 0 Å². The summed E-state index contributed by atoms with van der Waals surface area (Å²) in [6.45, 7) is 4.52. The standard InChI is InChI=1S/C32H52N2O/c1-3-5-7-9-11-13-15-17-29(26-19-22-28(33)23-20-26)27-21-24-31(34)30(25-27)32(35)18-16-14-12-10-8-6-4-2/h19-25,29,32,35H,3-18,33-34H2,1-2H3. The van der Waals surface area contributed by atoms with Crippen molar-refractivity contribution >= 4 is 11.4 Å². The Bertz CT molecular complexity index is 802. The van der Waals surface area contributed by atoms with E-state index in [-0.39, 0.29) is 0 Å². The third kappa shape index (κ3) is 11.1. The van der Waals surface area contributed by atoms with E-state index in [0.29, 0.717) is 11.6 Å². The van der Waals surface area contributed by atoms with Gasteiger partial charge in [-0.2, -0.15) is 0 Å². The molecule has 0 fully saturated rings. The molecule has 0 heterocycles. The van der Waals surface area contributed by atoms with Crippen molar-refractivity contribution in [1.29, 1.82) is 0 Å². The van der Waals surface area contributed by atoms with Gasteiger partial charge in [-0.3, -0.25) is 0 Å². The number of aliphatic hydroxyl groups is 1. The molecule has 0 bridgehead atoms. The predicted octanol–water partition coefficient (Wildman–Crippen LogP) is 9.30. The highest BCUT2D eigenvalue weighted by Crippen LogP contribution is 2.35. The van der Waals surface area contributed by atoms with Gasteiger partial charge in [-0.1, -0.05) is 128 Å². The first-order valence-electron chi connectivity index (χ1n) is 14.5. The molecule has 2 unspecified atom stereocenters. The monoisotopic (exact) mass is 480 g/mol. The number of nitrogens with two attached hydrogens (primary N) is 2. The molecule has 2 aromatic carbocycles. The van der Waals surface area contributed by atoms with Gasteiger partial charge in [0.15, 0.2) is 0 Å². The molecule has 0 aromatic heterocycles. The second-order valence-corrected chi connectivity index (χ2v) is 10.4. The van der Waals surface area contributed by atoms with Crippen LogP contribution in [0.4, 0.5) is 11.4 Å². The van der Waals surface area contributed by atoms with Crippen molar-refractivity contribution in [2.45, 2.75) is 129 Å². The Labute approximate surface area is 215 Å². The maximum absolute atomic E-state index is 11.0. The number of benzene rings is 2. The molecule has 3 heteroatoms. The third-order valence-corrected chi connectivity index (χ3v) is 7.39. The van der Waals surface area contributed by atoms with E-state index in [1.807, 2.05) is 18.2 Å². The van der Waals surface area contributed by atoms with Crippen LogP contribution >= 0.6 is 0 Å². The lowest BCUT2D eigenvalue weighted by molar-refractivity contribution is 0.164. The molecule has 0 saturated heterocycles. The maximum atomic E-state index is 11.0. The lowest BCUT2D eigenvalue weighted by Crippen LogP contribution is -2.07. The minimum atomic E-state index is -0.490. The van der Waals surface area contributed by atoms with Crippen LogP contribution in [0, 0.1) is 0 Å². The van der Waals surface area contributed by atoms with Crippen molar-refractivity contribution < 1.29 is 5.11 Å². The predicted molar refractivity (Wildman–Crippen MR) is 154 cm³/mol. The van der Waals surface area contributed by atoms with E-state index in [2.05, 4.69) is 38.1 Å². The van der Waals surface area contributed by atoms with Gasteiger partial charge in [-0.15, -0.1) is 0 Å². The van der Waals surface area contributed by atoms with E-state index in [1.54, 1.807) is 0 Å². The normalized spacial score (nSPS) is 13.1. The fourth-order valence-electron chi connectivity index (χ4n) is 5.11. The molecule has 0 aliphatic rings. The Morgan fingerprint density at radius 3 is 1.66 bits per heavy atom. The summed E-state index contributed by atoms with van der Waals surface area (Å²) in [6.07, 6.45) is 19.3. The van der Waals surface area contributed by atoms with Crippen LogP contribution in [-0.2, 0) is 0 Å². The zero-order valence-electron chi connectivity index (χ0n) is 22.6. The molecular formula is C32H52N2O. The minimum absolute atomic E-state index is 0.302. The quantitative estimate of drug-likeness (QED) is 0.138. The minimum Gasteiger partial charge on any atom is -0.399 e. The van der Waals surface area contributed by atoms with Crippen LogP contribution in [0.25, 0.3) is 0 Å². The molecule has 0 radical (unpaired) electrons. The van der Waals surface area contributed by atoms with Crippen LogP contribution in [0.1, 0.15) is 145 Å². The number of nitrogen functional groups attached to an aromatic ring is 2. The Balaban J connectivity index is 2.01. The zero-order valence-corrected chi connectivity index (χ0v) is 22.6. The van der Waals surface area contributed by atoms with Gasteiger partial charge in [0.05, 0.1) is 6.10 Å². The van der Waals surface area contributed by atoms with Crippen molar-refractivity contribution in [2.24, 2.45) is 0 Å². The van der Waals surface area contributed by atoms with Gasteiger partial charge < -0.3 is 16.6 Å². The molecule has 2 atom stereocenters. The topological polar surface area (TPSA) is 72.3 Å². The smallest absolute Gasteiger partial charge is 0.0810 e. The average Bonchev–Trinajstić information content (AvgIpc) is 2.86. The fourth-order valence-corrected chi connectivity index (χ4v) is 5.11. The van der Waals surface area contributed by atoms with E-state index < -0.39 is 6.10 Å². The van der Waals surface area contributed by atoms with Crippen LogP contribution < -0.4 is 11.5 Å². The number of rotatable bonds is 19. The molecule has 0 aliphatic carbocycles. The summed E-state index contributed by atoms with van der Waals surface area (Å²) in [5, 5.41) is 11.0. The third-order valence-electron chi connectivity index (χ3n) is 7.39. The molecule has 2 aromatic rings. The van der Waals surface area contributed by atoms with Crippen LogP contribution in [0.3, 0.4) is 0 Å². The second-order valence-electron chi connectivity index (χ2n) is 10.4. The second kappa shape index (κ2) is 17.4. The summed E-state index contributed by atoms with van der Waals surface area (Å²) >= 11 is 0. The van der Waals surface area contributed by atoms with Crippen molar-refractivity contribution in [3.63, 3.8) is 0 Å².